The lowest BCUT2D eigenvalue weighted by molar-refractivity contribution is 0.0655. The average Bonchev–Trinajstić information content (AvgIpc) is 2.51. The van der Waals surface area contributed by atoms with E-state index >= 15 is 0 Å². The third-order valence-corrected chi connectivity index (χ3v) is 2.40. The van der Waals surface area contributed by atoms with Crippen LogP contribution in [0.5, 0.6) is 0 Å². The molecule has 1 atom stereocenters. The SMILES string of the molecule is Cn1nnc(CN2CCC[C@H](O)C2)n1. The van der Waals surface area contributed by atoms with Crippen LogP contribution in [-0.2, 0) is 13.6 Å². The number of aliphatic hydroxyl groups excluding tert-OH is 1. The summed E-state index contributed by atoms with van der Waals surface area (Å²) in [6.07, 6.45) is 1.76. The van der Waals surface area contributed by atoms with Crippen LogP contribution in [0.1, 0.15) is 18.7 Å². The lowest BCUT2D eigenvalue weighted by Gasteiger charge is -2.28. The molecule has 1 aromatic heterocycles. The van der Waals surface area contributed by atoms with E-state index in [1.165, 1.54) is 4.80 Å². The standard InChI is InChI=1S/C8H15N5O/c1-12-10-8(9-11-12)6-13-4-2-3-7(14)5-13/h7,14H,2-6H2,1H3/t7-/m0/s1. The molecule has 6 heteroatoms. The fourth-order valence-electron chi connectivity index (χ4n) is 1.76. The van der Waals surface area contributed by atoms with Crippen molar-refractivity contribution in [2.45, 2.75) is 25.5 Å². The summed E-state index contributed by atoms with van der Waals surface area (Å²) < 4.78 is 0. The normalized spacial score (nSPS) is 24.0. The third kappa shape index (κ3) is 2.27. The van der Waals surface area contributed by atoms with E-state index in [0.717, 1.165) is 31.8 Å². The van der Waals surface area contributed by atoms with E-state index in [-0.39, 0.29) is 6.10 Å². The Bertz CT molecular complexity index is 300. The number of hydrogen-bond donors (Lipinski definition) is 1. The summed E-state index contributed by atoms with van der Waals surface area (Å²) in [6, 6.07) is 0. The molecule has 0 radical (unpaired) electrons. The Morgan fingerprint density at radius 2 is 2.43 bits per heavy atom. The Kier molecular flexibility index (Phi) is 2.74. The quantitative estimate of drug-likeness (QED) is 0.670. The topological polar surface area (TPSA) is 67.1 Å². The second kappa shape index (κ2) is 4.02. The highest BCUT2D eigenvalue weighted by Crippen LogP contribution is 2.11. The molecule has 0 aromatic carbocycles. The van der Waals surface area contributed by atoms with Crippen molar-refractivity contribution in [2.75, 3.05) is 13.1 Å². The monoisotopic (exact) mass is 197 g/mol. The molecule has 1 aromatic rings. The molecule has 14 heavy (non-hydrogen) atoms. The maximum Gasteiger partial charge on any atom is 0.188 e. The smallest absolute Gasteiger partial charge is 0.188 e. The van der Waals surface area contributed by atoms with Gasteiger partial charge in [-0.05, 0) is 24.6 Å². The Balaban J connectivity index is 1.90. The molecule has 6 nitrogen and oxygen atoms in total. The number of aryl methyl sites for hydroxylation is 1. The first-order chi connectivity index (χ1) is 6.74. The summed E-state index contributed by atoms with van der Waals surface area (Å²) >= 11 is 0. The molecular formula is C8H15N5O. The van der Waals surface area contributed by atoms with E-state index in [1.807, 2.05) is 0 Å². The van der Waals surface area contributed by atoms with Crippen molar-refractivity contribution >= 4 is 0 Å². The highest BCUT2D eigenvalue weighted by atomic mass is 16.3. The van der Waals surface area contributed by atoms with E-state index in [4.69, 9.17) is 0 Å². The molecule has 1 aliphatic heterocycles. The average molecular weight is 197 g/mol. The van der Waals surface area contributed by atoms with Gasteiger partial charge in [0.05, 0.1) is 19.7 Å². The zero-order chi connectivity index (χ0) is 9.97. The number of aliphatic hydroxyl groups is 1. The molecule has 2 heterocycles. The van der Waals surface area contributed by atoms with Gasteiger partial charge in [-0.25, -0.2) is 0 Å². The zero-order valence-electron chi connectivity index (χ0n) is 8.30. The van der Waals surface area contributed by atoms with Gasteiger partial charge in [0.25, 0.3) is 0 Å². The van der Waals surface area contributed by atoms with Crippen LogP contribution in [0.3, 0.4) is 0 Å². The van der Waals surface area contributed by atoms with Gasteiger partial charge in [0.15, 0.2) is 5.82 Å². The number of aromatic nitrogens is 4. The van der Waals surface area contributed by atoms with Gasteiger partial charge in [0.1, 0.15) is 0 Å². The molecule has 1 fully saturated rings. The minimum atomic E-state index is -0.194. The van der Waals surface area contributed by atoms with Gasteiger partial charge in [-0.15, -0.1) is 10.2 Å². The lowest BCUT2D eigenvalue weighted by Crippen LogP contribution is -2.37. The maximum atomic E-state index is 9.46. The first-order valence-electron chi connectivity index (χ1n) is 4.87. The van der Waals surface area contributed by atoms with Crippen LogP contribution in [0.25, 0.3) is 0 Å². The van der Waals surface area contributed by atoms with Crippen LogP contribution in [0, 0.1) is 0 Å². The highest BCUT2D eigenvalue weighted by molar-refractivity contribution is 4.80. The summed E-state index contributed by atoms with van der Waals surface area (Å²) in [4.78, 5) is 3.61. The number of nitrogens with zero attached hydrogens (tertiary/aromatic N) is 5. The van der Waals surface area contributed by atoms with Crippen molar-refractivity contribution in [1.29, 1.82) is 0 Å². The summed E-state index contributed by atoms with van der Waals surface area (Å²) in [6.45, 7) is 2.42. The summed E-state index contributed by atoms with van der Waals surface area (Å²) in [5, 5.41) is 21.2. The van der Waals surface area contributed by atoms with Crippen LogP contribution < -0.4 is 0 Å². The van der Waals surface area contributed by atoms with Crippen molar-refractivity contribution in [3.8, 4) is 0 Å². The van der Waals surface area contributed by atoms with Gasteiger partial charge in [-0.3, -0.25) is 4.90 Å². The molecule has 0 amide bonds. The van der Waals surface area contributed by atoms with E-state index in [2.05, 4.69) is 20.3 Å². The summed E-state index contributed by atoms with van der Waals surface area (Å²) in [5.74, 6) is 0.724. The van der Waals surface area contributed by atoms with Crippen molar-refractivity contribution in [2.24, 2.45) is 7.05 Å². The fourth-order valence-corrected chi connectivity index (χ4v) is 1.76. The summed E-state index contributed by atoms with van der Waals surface area (Å²) in [7, 11) is 1.75. The zero-order valence-corrected chi connectivity index (χ0v) is 8.30. The second-order valence-electron chi connectivity index (χ2n) is 3.73. The molecule has 1 aliphatic rings. The number of tetrazole rings is 1. The van der Waals surface area contributed by atoms with Gasteiger partial charge in [0, 0.05) is 6.54 Å². The minimum Gasteiger partial charge on any atom is -0.392 e. The molecule has 0 aliphatic carbocycles. The predicted molar refractivity (Wildman–Crippen MR) is 49.3 cm³/mol. The van der Waals surface area contributed by atoms with Crippen LogP contribution in [0.15, 0.2) is 0 Å². The molecular weight excluding hydrogens is 182 g/mol. The Hall–Kier alpha value is -1.01. The predicted octanol–water partition coefficient (Wildman–Crippen LogP) is -0.833. The van der Waals surface area contributed by atoms with Gasteiger partial charge >= 0.3 is 0 Å². The third-order valence-electron chi connectivity index (χ3n) is 2.40. The van der Waals surface area contributed by atoms with E-state index in [1.54, 1.807) is 7.05 Å². The van der Waals surface area contributed by atoms with Crippen LogP contribution >= 0.6 is 0 Å². The number of piperidine rings is 1. The van der Waals surface area contributed by atoms with Gasteiger partial charge in [-0.1, -0.05) is 0 Å². The van der Waals surface area contributed by atoms with Gasteiger partial charge in [0.2, 0.25) is 0 Å². The Labute approximate surface area is 82.5 Å². The number of likely N-dealkylation sites (tertiary alicyclic amines) is 1. The number of β-amino-alcohol motifs (C(OH)–C–C–N with tert-alkyl or cyclic N) is 1. The largest absolute Gasteiger partial charge is 0.392 e. The second-order valence-corrected chi connectivity index (χ2v) is 3.73. The number of rotatable bonds is 2. The molecule has 0 bridgehead atoms. The van der Waals surface area contributed by atoms with Crippen molar-refractivity contribution in [3.63, 3.8) is 0 Å². The van der Waals surface area contributed by atoms with Crippen LogP contribution in [0.4, 0.5) is 0 Å². The van der Waals surface area contributed by atoms with Gasteiger partial charge < -0.3 is 5.11 Å². The molecule has 1 N–H and O–H groups in total. The molecule has 0 saturated carbocycles. The lowest BCUT2D eigenvalue weighted by atomic mass is 10.1. The molecule has 0 spiro atoms. The minimum absolute atomic E-state index is 0.194. The first-order valence-corrected chi connectivity index (χ1v) is 4.87. The summed E-state index contributed by atoms with van der Waals surface area (Å²) in [5.41, 5.74) is 0. The van der Waals surface area contributed by atoms with Crippen LogP contribution in [-0.4, -0.2) is 49.4 Å². The van der Waals surface area contributed by atoms with Crippen LogP contribution in [0.2, 0.25) is 0 Å². The number of hydrogen-bond acceptors (Lipinski definition) is 5. The van der Waals surface area contributed by atoms with Crippen molar-refractivity contribution < 1.29 is 5.11 Å². The van der Waals surface area contributed by atoms with Crippen molar-refractivity contribution in [3.05, 3.63) is 5.82 Å². The highest BCUT2D eigenvalue weighted by Gasteiger charge is 2.18. The van der Waals surface area contributed by atoms with Crippen molar-refractivity contribution in [1.82, 2.24) is 25.1 Å². The molecule has 78 valence electrons. The molecule has 2 rings (SSSR count). The van der Waals surface area contributed by atoms with E-state index in [9.17, 15) is 5.11 Å². The molecule has 1 saturated heterocycles. The Morgan fingerprint density at radius 3 is 3.07 bits per heavy atom. The Morgan fingerprint density at radius 1 is 1.57 bits per heavy atom. The fraction of sp³-hybridized carbons (Fsp3) is 0.875. The van der Waals surface area contributed by atoms with E-state index in [0.29, 0.717) is 6.54 Å². The van der Waals surface area contributed by atoms with E-state index < -0.39 is 0 Å². The maximum absolute atomic E-state index is 9.46. The van der Waals surface area contributed by atoms with Gasteiger partial charge in [-0.2, -0.15) is 4.80 Å². The first kappa shape index (κ1) is 9.54. The molecule has 0 unspecified atom stereocenters.